The second-order valence-corrected chi connectivity index (χ2v) is 9.30. The highest BCUT2D eigenvalue weighted by molar-refractivity contribution is 7.89. The molecule has 1 heterocycles. The molecule has 7 heteroatoms. The van der Waals surface area contributed by atoms with Crippen molar-refractivity contribution in [2.75, 3.05) is 6.54 Å². The van der Waals surface area contributed by atoms with Crippen LogP contribution in [0.2, 0.25) is 0 Å². The third kappa shape index (κ3) is 4.61. The fourth-order valence-corrected chi connectivity index (χ4v) is 4.83. The Morgan fingerprint density at radius 3 is 2.44 bits per heavy atom. The third-order valence-electron chi connectivity index (χ3n) is 4.28. The molecule has 0 amide bonds. The molecule has 1 aromatic heterocycles. The average molecular weight is 405 g/mol. The molecule has 0 radical (unpaired) electrons. The van der Waals surface area contributed by atoms with Crippen LogP contribution in [0.4, 0.5) is 4.39 Å². The minimum absolute atomic E-state index is 0.0720. The molecule has 0 bridgehead atoms. The quantitative estimate of drug-likeness (QED) is 0.663. The van der Waals surface area contributed by atoms with Gasteiger partial charge in [0.05, 0.1) is 10.6 Å². The molecule has 0 saturated heterocycles. The summed E-state index contributed by atoms with van der Waals surface area (Å²) in [6, 6.07) is 12.0. The van der Waals surface area contributed by atoms with Crippen molar-refractivity contribution in [3.05, 3.63) is 70.0 Å². The van der Waals surface area contributed by atoms with Gasteiger partial charge in [0.2, 0.25) is 10.0 Å². The van der Waals surface area contributed by atoms with Gasteiger partial charge in [0, 0.05) is 17.0 Å². The van der Waals surface area contributed by atoms with Crippen molar-refractivity contribution in [1.29, 1.82) is 0 Å². The molecular formula is C20H21FN2O2S2. The summed E-state index contributed by atoms with van der Waals surface area (Å²) in [6.07, 6.45) is 0.550. The van der Waals surface area contributed by atoms with Crippen LogP contribution in [-0.4, -0.2) is 19.9 Å². The van der Waals surface area contributed by atoms with Gasteiger partial charge in [-0.1, -0.05) is 29.8 Å². The number of sulfonamides is 1. The van der Waals surface area contributed by atoms with E-state index >= 15 is 0 Å². The first-order valence-electron chi connectivity index (χ1n) is 8.55. The van der Waals surface area contributed by atoms with Crippen molar-refractivity contribution in [2.45, 2.75) is 32.1 Å². The van der Waals surface area contributed by atoms with Gasteiger partial charge in [-0.2, -0.15) is 0 Å². The van der Waals surface area contributed by atoms with Gasteiger partial charge in [-0.25, -0.2) is 22.5 Å². The van der Waals surface area contributed by atoms with Crippen LogP contribution in [0.1, 0.15) is 21.7 Å². The number of hydrogen-bond donors (Lipinski definition) is 1. The van der Waals surface area contributed by atoms with Crippen molar-refractivity contribution in [2.24, 2.45) is 0 Å². The largest absolute Gasteiger partial charge is 0.241 e. The molecule has 0 aliphatic carbocycles. The highest BCUT2D eigenvalue weighted by Crippen LogP contribution is 2.28. The number of hydrogen-bond acceptors (Lipinski definition) is 4. The van der Waals surface area contributed by atoms with Gasteiger partial charge in [-0.05, 0) is 51.0 Å². The van der Waals surface area contributed by atoms with Crippen molar-refractivity contribution < 1.29 is 12.8 Å². The van der Waals surface area contributed by atoms with E-state index in [0.29, 0.717) is 12.0 Å². The first-order chi connectivity index (χ1) is 12.8. The Labute approximate surface area is 163 Å². The maximum absolute atomic E-state index is 13.3. The van der Waals surface area contributed by atoms with E-state index in [0.717, 1.165) is 21.1 Å². The van der Waals surface area contributed by atoms with Crippen molar-refractivity contribution in [3.63, 3.8) is 0 Å². The summed E-state index contributed by atoms with van der Waals surface area (Å²) in [5.41, 5.74) is 3.46. The van der Waals surface area contributed by atoms with Crippen LogP contribution >= 0.6 is 11.3 Å². The van der Waals surface area contributed by atoms with Gasteiger partial charge in [0.25, 0.3) is 0 Å². The molecule has 27 heavy (non-hydrogen) atoms. The number of halogens is 1. The third-order valence-corrected chi connectivity index (χ3v) is 7.00. The first kappa shape index (κ1) is 19.7. The molecule has 1 N–H and O–H groups in total. The summed E-state index contributed by atoms with van der Waals surface area (Å²) >= 11 is 1.57. The molecule has 3 aromatic rings. The molecule has 2 aromatic carbocycles. The standard InChI is InChI=1S/C20H21FN2O2S2/c1-13-4-6-16(7-5-13)20-23-15(3)19(26-20)10-11-22-27(24,25)17-8-9-18(21)14(2)12-17/h4-9,12,22H,10-11H2,1-3H3. The second-order valence-electron chi connectivity index (χ2n) is 6.45. The minimum Gasteiger partial charge on any atom is -0.241 e. The fraction of sp³-hybridized carbons (Fsp3) is 0.250. The lowest BCUT2D eigenvalue weighted by Gasteiger charge is -2.07. The summed E-state index contributed by atoms with van der Waals surface area (Å²) in [7, 11) is -3.67. The second kappa shape index (κ2) is 7.88. The fourth-order valence-electron chi connectivity index (χ4n) is 2.65. The molecule has 3 rings (SSSR count). The van der Waals surface area contributed by atoms with E-state index in [-0.39, 0.29) is 11.4 Å². The Morgan fingerprint density at radius 2 is 1.78 bits per heavy atom. The van der Waals surface area contributed by atoms with Gasteiger partial charge in [0.1, 0.15) is 10.8 Å². The van der Waals surface area contributed by atoms with E-state index in [1.807, 2.05) is 38.1 Å². The zero-order chi connectivity index (χ0) is 19.6. The number of nitrogens with one attached hydrogen (secondary N) is 1. The van der Waals surface area contributed by atoms with E-state index in [1.165, 1.54) is 23.8 Å². The Balaban J connectivity index is 1.68. The highest BCUT2D eigenvalue weighted by Gasteiger charge is 2.16. The first-order valence-corrected chi connectivity index (χ1v) is 10.9. The van der Waals surface area contributed by atoms with E-state index in [4.69, 9.17) is 0 Å². The van der Waals surface area contributed by atoms with Crippen LogP contribution in [0, 0.1) is 26.6 Å². The molecule has 0 atom stereocenters. The topological polar surface area (TPSA) is 59.1 Å². The molecule has 0 spiro atoms. The van der Waals surface area contributed by atoms with Gasteiger partial charge in [-0.15, -0.1) is 11.3 Å². The predicted octanol–water partition coefficient (Wildman–Crippen LogP) is 4.40. The molecule has 0 aliphatic heterocycles. The number of aromatic nitrogens is 1. The molecule has 0 saturated carbocycles. The zero-order valence-corrected chi connectivity index (χ0v) is 17.0. The number of benzene rings is 2. The predicted molar refractivity (Wildman–Crippen MR) is 107 cm³/mol. The maximum Gasteiger partial charge on any atom is 0.240 e. The van der Waals surface area contributed by atoms with Crippen LogP contribution in [-0.2, 0) is 16.4 Å². The van der Waals surface area contributed by atoms with Crippen LogP contribution in [0.5, 0.6) is 0 Å². The smallest absolute Gasteiger partial charge is 0.240 e. The van der Waals surface area contributed by atoms with Crippen LogP contribution in [0.25, 0.3) is 10.6 Å². The number of rotatable bonds is 6. The lowest BCUT2D eigenvalue weighted by molar-refractivity contribution is 0.580. The lowest BCUT2D eigenvalue weighted by Crippen LogP contribution is -2.26. The number of aryl methyl sites for hydroxylation is 3. The summed E-state index contributed by atoms with van der Waals surface area (Å²) in [5, 5.41) is 0.930. The SMILES string of the molecule is Cc1ccc(-c2nc(C)c(CCNS(=O)(=O)c3ccc(F)c(C)c3)s2)cc1. The molecular weight excluding hydrogens is 383 g/mol. The highest BCUT2D eigenvalue weighted by atomic mass is 32.2. The lowest BCUT2D eigenvalue weighted by atomic mass is 10.2. The van der Waals surface area contributed by atoms with Crippen molar-refractivity contribution in [1.82, 2.24) is 9.71 Å². The molecule has 0 fully saturated rings. The number of nitrogens with zero attached hydrogens (tertiary/aromatic N) is 1. The van der Waals surface area contributed by atoms with Crippen LogP contribution < -0.4 is 4.72 Å². The van der Waals surface area contributed by atoms with Crippen LogP contribution in [0.15, 0.2) is 47.4 Å². The molecule has 0 unspecified atom stereocenters. The van der Waals surface area contributed by atoms with Gasteiger partial charge in [-0.3, -0.25) is 0 Å². The maximum atomic E-state index is 13.3. The van der Waals surface area contributed by atoms with E-state index in [2.05, 4.69) is 9.71 Å². The summed E-state index contributed by atoms with van der Waals surface area (Å²) in [5.74, 6) is -0.419. The molecule has 4 nitrogen and oxygen atoms in total. The normalized spacial score (nSPS) is 11.7. The van der Waals surface area contributed by atoms with Gasteiger partial charge < -0.3 is 0 Å². The van der Waals surface area contributed by atoms with Crippen molar-refractivity contribution in [3.8, 4) is 10.6 Å². The van der Waals surface area contributed by atoms with E-state index in [1.54, 1.807) is 18.3 Å². The van der Waals surface area contributed by atoms with E-state index in [9.17, 15) is 12.8 Å². The minimum atomic E-state index is -3.67. The Bertz CT molecular complexity index is 1060. The van der Waals surface area contributed by atoms with Gasteiger partial charge >= 0.3 is 0 Å². The number of thiazole rings is 1. The monoisotopic (exact) mass is 404 g/mol. The summed E-state index contributed by atoms with van der Waals surface area (Å²) in [4.78, 5) is 5.72. The Morgan fingerprint density at radius 1 is 1.07 bits per heavy atom. The Hall–Kier alpha value is -2.09. The molecule has 142 valence electrons. The Kier molecular flexibility index (Phi) is 5.74. The average Bonchev–Trinajstić information content (AvgIpc) is 2.98. The molecule has 0 aliphatic rings. The van der Waals surface area contributed by atoms with Gasteiger partial charge in [0.15, 0.2) is 0 Å². The zero-order valence-electron chi connectivity index (χ0n) is 15.4. The van der Waals surface area contributed by atoms with E-state index < -0.39 is 15.8 Å². The summed E-state index contributed by atoms with van der Waals surface area (Å²) in [6.45, 7) is 5.77. The van der Waals surface area contributed by atoms with Crippen LogP contribution in [0.3, 0.4) is 0 Å². The summed E-state index contributed by atoms with van der Waals surface area (Å²) < 4.78 is 40.7. The van der Waals surface area contributed by atoms with Crippen molar-refractivity contribution >= 4 is 21.4 Å².